The van der Waals surface area contributed by atoms with Crippen molar-refractivity contribution in [2.24, 2.45) is 0 Å². The number of benzene rings is 1. The maximum absolute atomic E-state index is 12.4. The Bertz CT molecular complexity index is 856. The van der Waals surface area contributed by atoms with Crippen molar-refractivity contribution in [2.45, 2.75) is 25.2 Å². The van der Waals surface area contributed by atoms with Crippen LogP contribution in [0.4, 0.5) is 13.2 Å². The Hall–Kier alpha value is -1.90. The highest BCUT2D eigenvalue weighted by molar-refractivity contribution is 7.21. The van der Waals surface area contributed by atoms with E-state index in [1.165, 1.54) is 4.90 Å². The van der Waals surface area contributed by atoms with Gasteiger partial charge in [-0.05, 0) is 30.7 Å². The van der Waals surface area contributed by atoms with Crippen LogP contribution in [0.3, 0.4) is 0 Å². The number of halogens is 3. The molecule has 0 amide bonds. The topological polar surface area (TPSA) is 41.3 Å². The van der Waals surface area contributed by atoms with E-state index >= 15 is 0 Å². The van der Waals surface area contributed by atoms with E-state index in [0.717, 1.165) is 21.0 Å². The van der Waals surface area contributed by atoms with E-state index < -0.39 is 12.7 Å². The maximum Gasteiger partial charge on any atom is 0.401 e. The molecule has 1 saturated heterocycles. The third-order valence-corrected chi connectivity index (χ3v) is 5.46. The van der Waals surface area contributed by atoms with Crippen LogP contribution in [0.2, 0.25) is 0 Å². The highest BCUT2D eigenvalue weighted by Crippen LogP contribution is 2.31. The second-order valence-corrected chi connectivity index (χ2v) is 7.50. The van der Waals surface area contributed by atoms with Crippen LogP contribution in [-0.4, -0.2) is 41.7 Å². The standard InChI is InChI=1S/C18H18F3N3OS/c19-18(20,21)11-24-8-7-12(10-24)22-9-13-5-6-15(25-13)17-23-14-3-1-2-4-16(14)26-17/h1-6,12,22H,7-11H2/t12-/m1/s1. The summed E-state index contributed by atoms with van der Waals surface area (Å²) in [6, 6.07) is 11.7. The van der Waals surface area contributed by atoms with Crippen molar-refractivity contribution in [3.05, 3.63) is 42.2 Å². The van der Waals surface area contributed by atoms with Crippen LogP contribution in [0.25, 0.3) is 21.0 Å². The SMILES string of the molecule is FC(F)(F)CN1CC[C@@H](NCc2ccc(-c3nc4ccccc4s3)o2)C1. The van der Waals surface area contributed by atoms with Crippen LogP contribution in [-0.2, 0) is 6.54 Å². The first-order valence-electron chi connectivity index (χ1n) is 8.43. The highest BCUT2D eigenvalue weighted by atomic mass is 32.1. The van der Waals surface area contributed by atoms with Gasteiger partial charge in [-0.3, -0.25) is 4.90 Å². The van der Waals surface area contributed by atoms with E-state index in [2.05, 4.69) is 10.3 Å². The Morgan fingerprint density at radius 1 is 1.23 bits per heavy atom. The Morgan fingerprint density at radius 3 is 2.88 bits per heavy atom. The van der Waals surface area contributed by atoms with Gasteiger partial charge in [0.25, 0.3) is 0 Å². The Kier molecular flexibility index (Phi) is 4.73. The molecule has 0 aliphatic carbocycles. The van der Waals surface area contributed by atoms with E-state index in [9.17, 15) is 13.2 Å². The fraction of sp³-hybridized carbons (Fsp3) is 0.389. The molecule has 0 radical (unpaired) electrons. The van der Waals surface area contributed by atoms with Crippen molar-refractivity contribution < 1.29 is 17.6 Å². The van der Waals surface area contributed by atoms with E-state index in [-0.39, 0.29) is 6.04 Å². The molecule has 1 N–H and O–H groups in total. The number of hydrogen-bond donors (Lipinski definition) is 1. The summed E-state index contributed by atoms with van der Waals surface area (Å²) in [6.45, 7) is 0.528. The molecule has 3 heterocycles. The van der Waals surface area contributed by atoms with Crippen LogP contribution in [0.5, 0.6) is 0 Å². The molecule has 3 aromatic rings. The maximum atomic E-state index is 12.4. The summed E-state index contributed by atoms with van der Waals surface area (Å²) < 4.78 is 44.3. The monoisotopic (exact) mass is 381 g/mol. The molecular weight excluding hydrogens is 363 g/mol. The Labute approximate surface area is 152 Å². The lowest BCUT2D eigenvalue weighted by atomic mass is 10.2. The molecule has 0 unspecified atom stereocenters. The van der Waals surface area contributed by atoms with Gasteiger partial charge >= 0.3 is 6.18 Å². The Balaban J connectivity index is 1.34. The molecule has 138 valence electrons. The van der Waals surface area contributed by atoms with Crippen molar-refractivity contribution in [3.63, 3.8) is 0 Å². The molecule has 0 bridgehead atoms. The number of nitrogens with one attached hydrogen (secondary N) is 1. The third kappa shape index (κ3) is 4.08. The number of thiazole rings is 1. The molecule has 1 aliphatic heterocycles. The molecule has 0 spiro atoms. The van der Waals surface area contributed by atoms with Crippen molar-refractivity contribution in [1.82, 2.24) is 15.2 Å². The van der Waals surface area contributed by atoms with Crippen molar-refractivity contribution in [2.75, 3.05) is 19.6 Å². The quantitative estimate of drug-likeness (QED) is 0.716. The normalized spacial score (nSPS) is 18.8. The summed E-state index contributed by atoms with van der Waals surface area (Å²) in [5.41, 5.74) is 0.944. The molecule has 1 aliphatic rings. The lowest BCUT2D eigenvalue weighted by Crippen LogP contribution is -2.36. The molecule has 1 atom stereocenters. The minimum atomic E-state index is -4.14. The van der Waals surface area contributed by atoms with Gasteiger partial charge < -0.3 is 9.73 Å². The molecule has 8 heteroatoms. The van der Waals surface area contributed by atoms with E-state index in [1.807, 2.05) is 36.4 Å². The van der Waals surface area contributed by atoms with Crippen LogP contribution in [0.15, 0.2) is 40.8 Å². The van der Waals surface area contributed by atoms with Gasteiger partial charge in [0.1, 0.15) is 5.76 Å². The average molecular weight is 381 g/mol. The minimum Gasteiger partial charge on any atom is -0.457 e. The zero-order valence-corrected chi connectivity index (χ0v) is 14.7. The van der Waals surface area contributed by atoms with Gasteiger partial charge in [0, 0.05) is 19.1 Å². The smallest absolute Gasteiger partial charge is 0.401 e. The number of alkyl halides is 3. The van der Waals surface area contributed by atoms with Crippen LogP contribution in [0, 0.1) is 0 Å². The summed E-state index contributed by atoms with van der Waals surface area (Å²) in [4.78, 5) is 6.01. The lowest BCUT2D eigenvalue weighted by Gasteiger charge is -2.18. The highest BCUT2D eigenvalue weighted by Gasteiger charge is 2.34. The van der Waals surface area contributed by atoms with E-state index in [4.69, 9.17) is 4.42 Å². The summed E-state index contributed by atoms with van der Waals surface area (Å²) in [7, 11) is 0. The van der Waals surface area contributed by atoms with Crippen LogP contribution < -0.4 is 5.32 Å². The van der Waals surface area contributed by atoms with E-state index in [0.29, 0.717) is 31.8 Å². The summed E-state index contributed by atoms with van der Waals surface area (Å²) >= 11 is 1.57. The number of fused-ring (bicyclic) bond motifs is 1. The second kappa shape index (κ2) is 7.02. The molecule has 1 fully saturated rings. The lowest BCUT2D eigenvalue weighted by molar-refractivity contribution is -0.143. The van der Waals surface area contributed by atoms with Gasteiger partial charge in [-0.1, -0.05) is 12.1 Å². The first-order valence-corrected chi connectivity index (χ1v) is 9.25. The summed E-state index contributed by atoms with van der Waals surface area (Å²) in [5, 5.41) is 4.11. The number of hydrogen-bond acceptors (Lipinski definition) is 5. The first kappa shape index (κ1) is 17.5. The Morgan fingerprint density at radius 2 is 2.08 bits per heavy atom. The minimum absolute atomic E-state index is 0.0494. The van der Waals surface area contributed by atoms with E-state index in [1.54, 1.807) is 11.3 Å². The number of aromatic nitrogens is 1. The van der Waals surface area contributed by atoms with Gasteiger partial charge in [0.15, 0.2) is 10.8 Å². The number of nitrogens with zero attached hydrogens (tertiary/aromatic N) is 2. The molecule has 1 aromatic carbocycles. The summed E-state index contributed by atoms with van der Waals surface area (Å²) in [5.74, 6) is 1.47. The average Bonchev–Trinajstić information content (AvgIpc) is 3.30. The predicted octanol–water partition coefficient (Wildman–Crippen LogP) is 4.28. The molecule has 26 heavy (non-hydrogen) atoms. The van der Waals surface area contributed by atoms with Gasteiger partial charge in [-0.2, -0.15) is 13.2 Å². The summed E-state index contributed by atoms with van der Waals surface area (Å²) in [6.07, 6.45) is -3.43. The fourth-order valence-electron chi connectivity index (χ4n) is 3.21. The first-order chi connectivity index (χ1) is 12.5. The molecule has 2 aromatic heterocycles. The fourth-order valence-corrected chi connectivity index (χ4v) is 4.13. The van der Waals surface area contributed by atoms with Crippen LogP contribution in [0.1, 0.15) is 12.2 Å². The zero-order valence-electron chi connectivity index (χ0n) is 13.9. The molecule has 4 rings (SSSR count). The zero-order chi connectivity index (χ0) is 18.1. The number of likely N-dealkylation sites (tertiary alicyclic amines) is 1. The molecule has 4 nitrogen and oxygen atoms in total. The van der Waals surface area contributed by atoms with Gasteiger partial charge in [-0.25, -0.2) is 4.98 Å². The molecule has 0 saturated carbocycles. The largest absolute Gasteiger partial charge is 0.457 e. The number of para-hydroxylation sites is 1. The third-order valence-electron chi connectivity index (χ3n) is 4.41. The number of rotatable bonds is 5. The van der Waals surface area contributed by atoms with Gasteiger partial charge in [0.2, 0.25) is 0 Å². The number of furan rings is 1. The van der Waals surface area contributed by atoms with Gasteiger partial charge in [-0.15, -0.1) is 11.3 Å². The van der Waals surface area contributed by atoms with Crippen molar-refractivity contribution in [1.29, 1.82) is 0 Å². The molecular formula is C18H18F3N3OS. The second-order valence-electron chi connectivity index (χ2n) is 6.47. The van der Waals surface area contributed by atoms with Gasteiger partial charge in [0.05, 0.1) is 23.3 Å². The predicted molar refractivity (Wildman–Crippen MR) is 95.1 cm³/mol. The van der Waals surface area contributed by atoms with Crippen molar-refractivity contribution in [3.8, 4) is 10.8 Å². The van der Waals surface area contributed by atoms with Crippen molar-refractivity contribution >= 4 is 21.6 Å². The van der Waals surface area contributed by atoms with Crippen LogP contribution >= 0.6 is 11.3 Å².